The molecule has 142 valence electrons. The summed E-state index contributed by atoms with van der Waals surface area (Å²) in [5.74, 6) is -0.854. The van der Waals surface area contributed by atoms with Crippen LogP contribution in [-0.4, -0.2) is 55.4 Å². The van der Waals surface area contributed by atoms with Crippen LogP contribution in [0.3, 0.4) is 0 Å². The molecule has 1 saturated carbocycles. The highest BCUT2D eigenvalue weighted by Gasteiger charge is 2.49. The van der Waals surface area contributed by atoms with E-state index in [1.54, 1.807) is 4.90 Å². The van der Waals surface area contributed by atoms with Gasteiger partial charge in [0.15, 0.2) is 0 Å². The van der Waals surface area contributed by atoms with Crippen molar-refractivity contribution < 1.29 is 23.1 Å². The van der Waals surface area contributed by atoms with E-state index in [4.69, 9.17) is 0 Å². The lowest BCUT2D eigenvalue weighted by atomic mass is 9.72. The van der Waals surface area contributed by atoms with Gasteiger partial charge < -0.3 is 10.0 Å². The number of rotatable bonds is 6. The Balaban J connectivity index is 1.66. The summed E-state index contributed by atoms with van der Waals surface area (Å²) in [6.07, 6.45) is 3.73. The molecule has 0 unspecified atom stereocenters. The number of nitrogens with zero attached hydrogens (tertiary/aromatic N) is 1. The molecule has 1 aromatic carbocycles. The first-order valence-electron chi connectivity index (χ1n) is 8.90. The van der Waals surface area contributed by atoms with E-state index in [0.29, 0.717) is 25.9 Å². The summed E-state index contributed by atoms with van der Waals surface area (Å²) in [5.41, 5.74) is -0.580. The summed E-state index contributed by atoms with van der Waals surface area (Å²) in [6, 6.07) is 9.18. The van der Waals surface area contributed by atoms with E-state index < -0.39 is 26.6 Å². The number of piperidine rings is 1. The van der Waals surface area contributed by atoms with E-state index >= 15 is 0 Å². The molecule has 1 aromatic rings. The highest BCUT2D eigenvalue weighted by molar-refractivity contribution is 7.90. The fourth-order valence-electron chi connectivity index (χ4n) is 4.06. The zero-order chi connectivity index (χ0) is 19.0. The second-order valence-electron chi connectivity index (χ2n) is 7.88. The van der Waals surface area contributed by atoms with Gasteiger partial charge >= 0.3 is 5.97 Å². The first-order valence-corrected chi connectivity index (χ1v) is 11.0. The van der Waals surface area contributed by atoms with Crippen molar-refractivity contribution in [2.75, 3.05) is 25.1 Å². The lowest BCUT2D eigenvalue weighted by molar-refractivity contribution is -0.148. The number of sulfone groups is 1. The summed E-state index contributed by atoms with van der Waals surface area (Å²) in [6.45, 7) is 0.768. The number of likely N-dealkylation sites (tertiary alicyclic amines) is 1. The lowest BCUT2D eigenvalue weighted by Crippen LogP contribution is -2.49. The predicted molar refractivity (Wildman–Crippen MR) is 97.6 cm³/mol. The van der Waals surface area contributed by atoms with Crippen molar-refractivity contribution in [2.24, 2.45) is 5.41 Å². The van der Waals surface area contributed by atoms with E-state index in [1.807, 2.05) is 30.3 Å². The molecule has 6 nitrogen and oxygen atoms in total. The van der Waals surface area contributed by atoms with Gasteiger partial charge in [-0.25, -0.2) is 8.42 Å². The second kappa shape index (κ2) is 6.68. The Kier molecular flexibility index (Phi) is 4.86. The van der Waals surface area contributed by atoms with Gasteiger partial charge in [0.05, 0.1) is 11.2 Å². The normalized spacial score (nSPS) is 21.2. The zero-order valence-electron chi connectivity index (χ0n) is 15.0. The van der Waals surface area contributed by atoms with Gasteiger partial charge in [-0.15, -0.1) is 0 Å². The molecule has 1 aliphatic carbocycles. The Morgan fingerprint density at radius 1 is 1.08 bits per heavy atom. The standard InChI is InChI=1S/C19H25NO5S/c1-26(24,25)14-18(7-8-18)13-16(21)20-11-9-19(10-12-20,17(22)23)15-5-3-2-4-6-15/h2-6H,7-14H2,1H3,(H,22,23). The molecule has 0 aromatic heterocycles. The predicted octanol–water partition coefficient (Wildman–Crippen LogP) is 1.85. The van der Waals surface area contributed by atoms with Gasteiger partial charge in [-0.2, -0.15) is 0 Å². The Morgan fingerprint density at radius 2 is 1.65 bits per heavy atom. The maximum atomic E-state index is 12.6. The first kappa shape index (κ1) is 18.9. The van der Waals surface area contributed by atoms with Gasteiger partial charge in [-0.05, 0) is 36.7 Å². The number of benzene rings is 1. The van der Waals surface area contributed by atoms with Crippen molar-refractivity contribution in [3.8, 4) is 0 Å². The molecule has 0 atom stereocenters. The van der Waals surface area contributed by atoms with Gasteiger partial charge in [0, 0.05) is 25.8 Å². The summed E-state index contributed by atoms with van der Waals surface area (Å²) in [5, 5.41) is 9.82. The fraction of sp³-hybridized carbons (Fsp3) is 0.579. The minimum atomic E-state index is -3.11. The van der Waals surface area contributed by atoms with Crippen LogP contribution in [0.5, 0.6) is 0 Å². The van der Waals surface area contributed by atoms with Crippen LogP contribution in [0.15, 0.2) is 30.3 Å². The molecule has 0 spiro atoms. The Labute approximate surface area is 154 Å². The molecular weight excluding hydrogens is 354 g/mol. The van der Waals surface area contributed by atoms with Crippen LogP contribution < -0.4 is 0 Å². The van der Waals surface area contributed by atoms with Gasteiger partial charge in [0.25, 0.3) is 0 Å². The number of amides is 1. The van der Waals surface area contributed by atoms with Crippen molar-refractivity contribution in [1.29, 1.82) is 0 Å². The molecule has 1 saturated heterocycles. The van der Waals surface area contributed by atoms with Crippen LogP contribution in [-0.2, 0) is 24.8 Å². The maximum Gasteiger partial charge on any atom is 0.314 e. The number of aliphatic carboxylic acids is 1. The summed E-state index contributed by atoms with van der Waals surface area (Å²) < 4.78 is 23.1. The van der Waals surface area contributed by atoms with Crippen molar-refractivity contribution in [3.05, 3.63) is 35.9 Å². The van der Waals surface area contributed by atoms with E-state index in [0.717, 1.165) is 18.4 Å². The van der Waals surface area contributed by atoms with Crippen LogP contribution in [0.2, 0.25) is 0 Å². The monoisotopic (exact) mass is 379 g/mol. The third-order valence-corrected chi connectivity index (χ3v) is 6.89. The molecule has 1 N–H and O–H groups in total. The quantitative estimate of drug-likeness (QED) is 0.814. The topological polar surface area (TPSA) is 91.8 Å². The molecule has 1 aliphatic heterocycles. The molecule has 7 heteroatoms. The summed E-state index contributed by atoms with van der Waals surface area (Å²) >= 11 is 0. The van der Waals surface area contributed by atoms with E-state index in [9.17, 15) is 23.1 Å². The molecule has 0 bridgehead atoms. The Bertz CT molecular complexity index is 790. The number of carboxylic acids is 1. The van der Waals surface area contributed by atoms with Gasteiger partial charge in [0.2, 0.25) is 5.91 Å². The number of hydrogen-bond donors (Lipinski definition) is 1. The molecular formula is C19H25NO5S. The Hall–Kier alpha value is -1.89. The average Bonchev–Trinajstić information content (AvgIpc) is 3.32. The summed E-state index contributed by atoms with van der Waals surface area (Å²) in [4.78, 5) is 26.3. The number of carbonyl (C=O) groups excluding carboxylic acids is 1. The molecule has 3 rings (SSSR count). The van der Waals surface area contributed by atoms with Crippen molar-refractivity contribution in [1.82, 2.24) is 4.90 Å². The minimum absolute atomic E-state index is 0.0572. The van der Waals surface area contributed by atoms with Crippen LogP contribution in [0.1, 0.15) is 37.7 Å². The molecule has 2 aliphatic rings. The molecule has 1 heterocycles. The van der Waals surface area contributed by atoms with Crippen molar-refractivity contribution >= 4 is 21.7 Å². The SMILES string of the molecule is CS(=O)(=O)CC1(CC(=O)N2CCC(C(=O)O)(c3ccccc3)CC2)CC1. The highest BCUT2D eigenvalue weighted by atomic mass is 32.2. The van der Waals surface area contributed by atoms with Crippen LogP contribution in [0, 0.1) is 5.41 Å². The third kappa shape index (κ3) is 3.92. The van der Waals surface area contributed by atoms with Gasteiger partial charge in [0.1, 0.15) is 9.84 Å². The second-order valence-corrected chi connectivity index (χ2v) is 10.0. The number of carboxylic acid groups (broad SMARTS) is 1. The number of carbonyl (C=O) groups is 2. The third-order valence-electron chi connectivity index (χ3n) is 5.76. The number of hydrogen-bond acceptors (Lipinski definition) is 4. The maximum absolute atomic E-state index is 12.6. The Morgan fingerprint density at radius 3 is 2.12 bits per heavy atom. The van der Waals surface area contributed by atoms with Crippen molar-refractivity contribution in [3.63, 3.8) is 0 Å². The highest BCUT2D eigenvalue weighted by Crippen LogP contribution is 2.50. The smallest absolute Gasteiger partial charge is 0.314 e. The molecule has 0 radical (unpaired) electrons. The fourth-order valence-corrected chi connectivity index (χ4v) is 5.56. The summed E-state index contributed by atoms with van der Waals surface area (Å²) in [7, 11) is -3.11. The molecule has 2 fully saturated rings. The largest absolute Gasteiger partial charge is 0.481 e. The minimum Gasteiger partial charge on any atom is -0.481 e. The van der Waals surface area contributed by atoms with Crippen LogP contribution in [0.4, 0.5) is 0 Å². The van der Waals surface area contributed by atoms with Crippen LogP contribution in [0.25, 0.3) is 0 Å². The average molecular weight is 379 g/mol. The van der Waals surface area contributed by atoms with E-state index in [-0.39, 0.29) is 18.1 Å². The van der Waals surface area contributed by atoms with Crippen LogP contribution >= 0.6 is 0 Å². The van der Waals surface area contributed by atoms with Gasteiger partial charge in [-0.1, -0.05) is 30.3 Å². The van der Waals surface area contributed by atoms with Crippen molar-refractivity contribution in [2.45, 2.75) is 37.5 Å². The zero-order valence-corrected chi connectivity index (χ0v) is 15.8. The first-order chi connectivity index (χ1) is 12.2. The molecule has 26 heavy (non-hydrogen) atoms. The molecule has 1 amide bonds. The van der Waals surface area contributed by atoms with E-state index in [2.05, 4.69) is 0 Å². The van der Waals surface area contributed by atoms with Gasteiger partial charge in [-0.3, -0.25) is 9.59 Å². The lowest BCUT2D eigenvalue weighted by Gasteiger charge is -2.39. The van der Waals surface area contributed by atoms with E-state index in [1.165, 1.54) is 6.26 Å².